The molecule has 1 aromatic heterocycles. The highest BCUT2D eigenvalue weighted by Crippen LogP contribution is 2.30. The van der Waals surface area contributed by atoms with Crippen LogP contribution in [0.5, 0.6) is 5.88 Å². The highest BCUT2D eigenvalue weighted by atomic mass is 16.5. The quantitative estimate of drug-likeness (QED) is 0.802. The first-order valence-electron chi connectivity index (χ1n) is 4.99. The van der Waals surface area contributed by atoms with Crippen LogP contribution in [0.1, 0.15) is 12.8 Å². The van der Waals surface area contributed by atoms with E-state index < -0.39 is 0 Å². The molecule has 3 nitrogen and oxygen atoms in total. The van der Waals surface area contributed by atoms with E-state index in [9.17, 15) is 0 Å². The maximum absolute atomic E-state index is 5.64. The van der Waals surface area contributed by atoms with Crippen LogP contribution in [0.4, 0.5) is 0 Å². The van der Waals surface area contributed by atoms with E-state index in [4.69, 9.17) is 4.74 Å². The predicted octanol–water partition coefficient (Wildman–Crippen LogP) is 2.35. The first-order chi connectivity index (χ1) is 6.93. The van der Waals surface area contributed by atoms with Crippen molar-refractivity contribution in [1.29, 1.82) is 0 Å². The molecule has 1 fully saturated rings. The maximum atomic E-state index is 5.64. The summed E-state index contributed by atoms with van der Waals surface area (Å²) in [5, 5.41) is 8.18. The first-order valence-corrected chi connectivity index (χ1v) is 4.99. The van der Waals surface area contributed by atoms with E-state index in [1.807, 2.05) is 24.3 Å². The minimum absolute atomic E-state index is 0.743. The van der Waals surface area contributed by atoms with Crippen LogP contribution < -0.4 is 4.74 Å². The van der Waals surface area contributed by atoms with E-state index in [1.54, 1.807) is 0 Å². The standard InChI is InChI=1S/C11H12N2O/c1-2-4-10-9(3-1)11(13-12-10)14-7-8-5-6-8/h1-4,8H,5-7H2,(H,12,13). The fourth-order valence-electron chi connectivity index (χ4n) is 1.53. The number of para-hydroxylation sites is 1. The van der Waals surface area contributed by atoms with Gasteiger partial charge in [0.25, 0.3) is 0 Å². The Morgan fingerprint density at radius 2 is 2.21 bits per heavy atom. The molecule has 1 saturated carbocycles. The van der Waals surface area contributed by atoms with Gasteiger partial charge in [-0.3, -0.25) is 5.10 Å². The number of nitrogens with one attached hydrogen (secondary N) is 1. The fourth-order valence-corrected chi connectivity index (χ4v) is 1.53. The zero-order valence-electron chi connectivity index (χ0n) is 7.86. The third kappa shape index (κ3) is 1.35. The average Bonchev–Trinajstić information content (AvgIpc) is 2.96. The van der Waals surface area contributed by atoms with Crippen LogP contribution in [0.25, 0.3) is 10.9 Å². The van der Waals surface area contributed by atoms with Gasteiger partial charge in [0.1, 0.15) is 0 Å². The second kappa shape index (κ2) is 3.01. The molecule has 0 aliphatic heterocycles. The number of nitrogens with zero attached hydrogens (tertiary/aromatic N) is 1. The molecule has 1 heterocycles. The van der Waals surface area contributed by atoms with Gasteiger partial charge in [-0.2, -0.15) is 0 Å². The number of hydrogen-bond donors (Lipinski definition) is 1. The summed E-state index contributed by atoms with van der Waals surface area (Å²) in [5.41, 5.74) is 1.04. The largest absolute Gasteiger partial charge is 0.476 e. The zero-order chi connectivity index (χ0) is 9.38. The fraction of sp³-hybridized carbons (Fsp3) is 0.364. The van der Waals surface area contributed by atoms with Crippen molar-refractivity contribution in [2.24, 2.45) is 5.92 Å². The van der Waals surface area contributed by atoms with E-state index in [-0.39, 0.29) is 0 Å². The Balaban J connectivity index is 1.87. The van der Waals surface area contributed by atoms with Crippen LogP contribution in [0.2, 0.25) is 0 Å². The number of rotatable bonds is 3. The zero-order valence-corrected chi connectivity index (χ0v) is 7.86. The molecule has 3 rings (SSSR count). The van der Waals surface area contributed by atoms with Crippen LogP contribution in [-0.4, -0.2) is 16.8 Å². The van der Waals surface area contributed by atoms with Gasteiger partial charge in [-0.1, -0.05) is 12.1 Å². The lowest BCUT2D eigenvalue weighted by Gasteiger charge is -2.00. The number of ether oxygens (including phenoxy) is 1. The van der Waals surface area contributed by atoms with Crippen molar-refractivity contribution in [3.8, 4) is 5.88 Å². The topological polar surface area (TPSA) is 37.9 Å². The van der Waals surface area contributed by atoms with E-state index in [2.05, 4.69) is 10.2 Å². The van der Waals surface area contributed by atoms with Gasteiger partial charge in [-0.05, 0) is 30.9 Å². The predicted molar refractivity (Wildman–Crippen MR) is 54.3 cm³/mol. The molecule has 72 valence electrons. The van der Waals surface area contributed by atoms with Crippen molar-refractivity contribution in [3.63, 3.8) is 0 Å². The van der Waals surface area contributed by atoms with Gasteiger partial charge >= 0.3 is 0 Å². The van der Waals surface area contributed by atoms with Crippen LogP contribution in [-0.2, 0) is 0 Å². The summed E-state index contributed by atoms with van der Waals surface area (Å²) in [7, 11) is 0. The van der Waals surface area contributed by atoms with Crippen LogP contribution in [0.3, 0.4) is 0 Å². The molecule has 0 unspecified atom stereocenters. The molecule has 1 N–H and O–H groups in total. The highest BCUT2D eigenvalue weighted by Gasteiger charge is 2.22. The lowest BCUT2D eigenvalue weighted by molar-refractivity contribution is 0.291. The number of H-pyrrole nitrogens is 1. The third-order valence-electron chi connectivity index (χ3n) is 2.59. The van der Waals surface area contributed by atoms with Gasteiger partial charge in [0, 0.05) is 0 Å². The van der Waals surface area contributed by atoms with Crippen molar-refractivity contribution in [2.75, 3.05) is 6.61 Å². The summed E-state index contributed by atoms with van der Waals surface area (Å²) in [6.45, 7) is 0.814. The van der Waals surface area contributed by atoms with Crippen molar-refractivity contribution in [2.45, 2.75) is 12.8 Å². The van der Waals surface area contributed by atoms with Crippen LogP contribution in [0.15, 0.2) is 24.3 Å². The van der Waals surface area contributed by atoms with E-state index in [0.29, 0.717) is 0 Å². The first kappa shape index (κ1) is 7.85. The molecule has 0 saturated heterocycles. The SMILES string of the molecule is c1ccc2c(OCC3CC3)n[nH]c2c1. The van der Waals surface area contributed by atoms with Gasteiger partial charge in [0.05, 0.1) is 17.5 Å². The summed E-state index contributed by atoms with van der Waals surface area (Å²) in [6, 6.07) is 8.03. The van der Waals surface area contributed by atoms with E-state index >= 15 is 0 Å². The second-order valence-electron chi connectivity index (χ2n) is 3.83. The number of fused-ring (bicyclic) bond motifs is 1. The van der Waals surface area contributed by atoms with Gasteiger partial charge in [-0.25, -0.2) is 0 Å². The summed E-state index contributed by atoms with van der Waals surface area (Å²) in [6.07, 6.45) is 2.62. The molecule has 14 heavy (non-hydrogen) atoms. The van der Waals surface area contributed by atoms with Gasteiger partial charge < -0.3 is 4.74 Å². The molecule has 0 amide bonds. The van der Waals surface area contributed by atoms with Gasteiger partial charge in [0.15, 0.2) is 0 Å². The molecule has 0 bridgehead atoms. The van der Waals surface area contributed by atoms with E-state index in [1.165, 1.54) is 12.8 Å². The number of hydrogen-bond acceptors (Lipinski definition) is 2. The Morgan fingerprint density at radius 3 is 3.07 bits per heavy atom. The molecule has 1 aliphatic carbocycles. The highest BCUT2D eigenvalue weighted by molar-refractivity contribution is 5.83. The molecule has 0 atom stereocenters. The second-order valence-corrected chi connectivity index (χ2v) is 3.83. The monoisotopic (exact) mass is 188 g/mol. The summed E-state index contributed by atoms with van der Waals surface area (Å²) in [5.74, 6) is 1.51. The molecule has 0 spiro atoms. The van der Waals surface area contributed by atoms with Crippen molar-refractivity contribution in [3.05, 3.63) is 24.3 Å². The molecular formula is C11H12N2O. The van der Waals surface area contributed by atoms with Gasteiger partial charge in [-0.15, -0.1) is 5.10 Å². The minimum Gasteiger partial charge on any atom is -0.476 e. The van der Waals surface area contributed by atoms with Gasteiger partial charge in [0.2, 0.25) is 5.88 Å². The summed E-state index contributed by atoms with van der Waals surface area (Å²) in [4.78, 5) is 0. The Bertz CT molecular complexity index is 445. The Kier molecular flexibility index (Phi) is 1.69. The Hall–Kier alpha value is -1.51. The normalized spacial score (nSPS) is 16.0. The minimum atomic E-state index is 0.743. The molecule has 2 aromatic rings. The van der Waals surface area contributed by atoms with Crippen LogP contribution in [0, 0.1) is 5.92 Å². The van der Waals surface area contributed by atoms with Crippen molar-refractivity contribution in [1.82, 2.24) is 10.2 Å². The smallest absolute Gasteiger partial charge is 0.240 e. The number of aromatic nitrogens is 2. The van der Waals surface area contributed by atoms with Crippen molar-refractivity contribution < 1.29 is 4.74 Å². The number of aromatic amines is 1. The maximum Gasteiger partial charge on any atom is 0.240 e. The molecule has 1 aliphatic rings. The number of benzene rings is 1. The van der Waals surface area contributed by atoms with E-state index in [0.717, 1.165) is 29.3 Å². The molecule has 0 radical (unpaired) electrons. The molecule has 1 aromatic carbocycles. The Labute approximate surface area is 82.1 Å². The Morgan fingerprint density at radius 1 is 1.36 bits per heavy atom. The summed E-state index contributed by atoms with van der Waals surface area (Å²) < 4.78 is 5.64. The van der Waals surface area contributed by atoms with Crippen LogP contribution >= 0.6 is 0 Å². The lowest BCUT2D eigenvalue weighted by Crippen LogP contribution is -1.99. The third-order valence-corrected chi connectivity index (χ3v) is 2.59. The molecule has 3 heteroatoms. The molecular weight excluding hydrogens is 176 g/mol. The summed E-state index contributed by atoms with van der Waals surface area (Å²) >= 11 is 0. The average molecular weight is 188 g/mol. The lowest BCUT2D eigenvalue weighted by atomic mass is 10.2. The van der Waals surface area contributed by atoms with Crippen molar-refractivity contribution >= 4 is 10.9 Å².